The molecular formula is C45H27N3O. The standard InChI is InChI=1S/C45H27N3O/c1-5-15-38-31(11-1)32-12-2-6-16-39(32)48(38)42-23-21-35-34-14-4-8-19-43(34)49-45(35)44(42)28-20-22-41-36(26-28)33-13-3-7-17-40(33)47(41)37-18-9-10-29-27-46-25-24-30(29)37/h1-27H. The Bertz CT molecular complexity index is 3060. The monoisotopic (exact) mass is 625 g/mol. The van der Waals surface area contributed by atoms with Crippen molar-refractivity contribution in [2.45, 2.75) is 0 Å². The van der Waals surface area contributed by atoms with Crippen LogP contribution in [-0.2, 0) is 0 Å². The molecule has 0 radical (unpaired) electrons. The Morgan fingerprint density at radius 1 is 0.429 bits per heavy atom. The first-order valence-corrected chi connectivity index (χ1v) is 16.6. The van der Waals surface area contributed by atoms with E-state index in [0.717, 1.165) is 55.3 Å². The van der Waals surface area contributed by atoms with Crippen LogP contribution in [0.4, 0.5) is 0 Å². The molecule has 0 atom stereocenters. The van der Waals surface area contributed by atoms with Gasteiger partial charge >= 0.3 is 0 Å². The Morgan fingerprint density at radius 3 is 1.82 bits per heavy atom. The molecule has 0 aliphatic heterocycles. The number of furan rings is 1. The second-order valence-electron chi connectivity index (χ2n) is 12.8. The number of pyridine rings is 1. The molecule has 11 rings (SSSR count). The van der Waals surface area contributed by atoms with Crippen LogP contribution in [0.15, 0.2) is 168 Å². The van der Waals surface area contributed by atoms with Gasteiger partial charge in [-0.1, -0.05) is 91.0 Å². The smallest absolute Gasteiger partial charge is 0.145 e. The first kappa shape index (κ1) is 26.4. The van der Waals surface area contributed by atoms with E-state index >= 15 is 0 Å². The number of rotatable bonds is 3. The summed E-state index contributed by atoms with van der Waals surface area (Å²) in [7, 11) is 0. The summed E-state index contributed by atoms with van der Waals surface area (Å²) in [5.74, 6) is 0. The van der Waals surface area contributed by atoms with Gasteiger partial charge in [0.25, 0.3) is 0 Å². The number of hydrogen-bond acceptors (Lipinski definition) is 2. The average molecular weight is 626 g/mol. The highest BCUT2D eigenvalue weighted by atomic mass is 16.3. The summed E-state index contributed by atoms with van der Waals surface area (Å²) in [5.41, 5.74) is 10.9. The zero-order chi connectivity index (χ0) is 32.1. The molecule has 0 bridgehead atoms. The van der Waals surface area contributed by atoms with Gasteiger partial charge in [0.2, 0.25) is 0 Å². The summed E-state index contributed by atoms with van der Waals surface area (Å²) in [6.07, 6.45) is 3.82. The van der Waals surface area contributed by atoms with E-state index in [1.54, 1.807) is 0 Å². The summed E-state index contributed by atoms with van der Waals surface area (Å²) in [4.78, 5) is 4.39. The number of hydrogen-bond donors (Lipinski definition) is 0. The molecule has 4 heteroatoms. The molecule has 0 saturated heterocycles. The Balaban J connectivity index is 1.27. The molecule has 11 aromatic rings. The van der Waals surface area contributed by atoms with E-state index in [4.69, 9.17) is 4.42 Å². The van der Waals surface area contributed by atoms with Gasteiger partial charge < -0.3 is 13.6 Å². The van der Waals surface area contributed by atoms with Gasteiger partial charge in [-0.3, -0.25) is 4.98 Å². The van der Waals surface area contributed by atoms with E-state index < -0.39 is 0 Å². The zero-order valence-electron chi connectivity index (χ0n) is 26.3. The largest absolute Gasteiger partial charge is 0.455 e. The van der Waals surface area contributed by atoms with E-state index in [1.807, 2.05) is 18.5 Å². The van der Waals surface area contributed by atoms with Crippen LogP contribution in [0.5, 0.6) is 0 Å². The molecule has 0 aliphatic carbocycles. The van der Waals surface area contributed by atoms with Crippen molar-refractivity contribution >= 4 is 76.3 Å². The van der Waals surface area contributed by atoms with Gasteiger partial charge in [0.15, 0.2) is 0 Å². The predicted molar refractivity (Wildman–Crippen MR) is 203 cm³/mol. The van der Waals surface area contributed by atoms with Gasteiger partial charge in [0, 0.05) is 61.0 Å². The lowest BCUT2D eigenvalue weighted by atomic mass is 9.98. The van der Waals surface area contributed by atoms with Crippen molar-refractivity contribution in [2.75, 3.05) is 0 Å². The van der Waals surface area contributed by atoms with E-state index in [-0.39, 0.29) is 0 Å². The van der Waals surface area contributed by atoms with Crippen LogP contribution in [0, 0.1) is 0 Å². The lowest BCUT2D eigenvalue weighted by Gasteiger charge is -2.15. The Hall–Kier alpha value is -6.65. The first-order valence-electron chi connectivity index (χ1n) is 16.6. The van der Waals surface area contributed by atoms with Gasteiger partial charge in [0.05, 0.1) is 33.4 Å². The van der Waals surface area contributed by atoms with Crippen LogP contribution in [-0.4, -0.2) is 14.1 Å². The lowest BCUT2D eigenvalue weighted by molar-refractivity contribution is 0.670. The predicted octanol–water partition coefficient (Wildman–Crippen LogP) is 12.0. The highest BCUT2D eigenvalue weighted by Gasteiger charge is 2.22. The van der Waals surface area contributed by atoms with Gasteiger partial charge in [-0.25, -0.2) is 0 Å². The minimum atomic E-state index is 0.890. The number of aromatic nitrogens is 3. The molecule has 0 N–H and O–H groups in total. The van der Waals surface area contributed by atoms with Crippen molar-refractivity contribution in [1.82, 2.24) is 14.1 Å². The molecule has 4 nitrogen and oxygen atoms in total. The van der Waals surface area contributed by atoms with Crippen molar-refractivity contribution in [3.8, 4) is 22.5 Å². The Kier molecular flexibility index (Phi) is 5.35. The summed E-state index contributed by atoms with van der Waals surface area (Å²) >= 11 is 0. The van der Waals surface area contributed by atoms with Crippen LogP contribution in [0.25, 0.3) is 98.8 Å². The van der Waals surface area contributed by atoms with Crippen LogP contribution < -0.4 is 0 Å². The van der Waals surface area contributed by atoms with Gasteiger partial charge in [-0.15, -0.1) is 0 Å². The third-order valence-electron chi connectivity index (χ3n) is 10.2. The summed E-state index contributed by atoms with van der Waals surface area (Å²) < 4.78 is 11.6. The highest BCUT2D eigenvalue weighted by Crippen LogP contribution is 2.44. The molecule has 7 aromatic carbocycles. The van der Waals surface area contributed by atoms with Crippen LogP contribution in [0.1, 0.15) is 0 Å². The minimum Gasteiger partial charge on any atom is -0.455 e. The van der Waals surface area contributed by atoms with E-state index in [9.17, 15) is 0 Å². The Labute approximate surface area is 280 Å². The van der Waals surface area contributed by atoms with Crippen LogP contribution in [0.3, 0.4) is 0 Å². The topological polar surface area (TPSA) is 35.9 Å². The van der Waals surface area contributed by atoms with Crippen molar-refractivity contribution < 1.29 is 4.42 Å². The number of para-hydroxylation sites is 4. The average Bonchev–Trinajstić information content (AvgIpc) is 3.82. The molecule has 4 heterocycles. The molecule has 0 amide bonds. The Morgan fingerprint density at radius 2 is 1.06 bits per heavy atom. The summed E-state index contributed by atoms with van der Waals surface area (Å²) in [6, 6.07) is 54.4. The maximum Gasteiger partial charge on any atom is 0.145 e. The first-order chi connectivity index (χ1) is 24.3. The normalized spacial score (nSPS) is 12.1. The maximum atomic E-state index is 6.80. The van der Waals surface area contributed by atoms with Gasteiger partial charge in [-0.2, -0.15) is 0 Å². The van der Waals surface area contributed by atoms with E-state index in [0.29, 0.717) is 0 Å². The molecule has 0 unspecified atom stereocenters. The molecule has 4 aromatic heterocycles. The molecule has 0 fully saturated rings. The van der Waals surface area contributed by atoms with Crippen molar-refractivity contribution in [3.63, 3.8) is 0 Å². The fourth-order valence-corrected chi connectivity index (χ4v) is 8.11. The quantitative estimate of drug-likeness (QED) is 0.196. The molecule has 0 spiro atoms. The van der Waals surface area contributed by atoms with Crippen LogP contribution >= 0.6 is 0 Å². The number of nitrogens with zero attached hydrogens (tertiary/aromatic N) is 3. The summed E-state index contributed by atoms with van der Waals surface area (Å²) in [6.45, 7) is 0. The molecule has 49 heavy (non-hydrogen) atoms. The summed E-state index contributed by atoms with van der Waals surface area (Å²) in [5, 5.41) is 9.40. The third kappa shape index (κ3) is 3.66. The van der Waals surface area contributed by atoms with Crippen molar-refractivity contribution in [2.24, 2.45) is 0 Å². The fraction of sp³-hybridized carbons (Fsp3) is 0. The van der Waals surface area contributed by atoms with Crippen molar-refractivity contribution in [3.05, 3.63) is 164 Å². The van der Waals surface area contributed by atoms with Gasteiger partial charge in [0.1, 0.15) is 11.2 Å². The molecule has 228 valence electrons. The highest BCUT2D eigenvalue weighted by molar-refractivity contribution is 6.16. The van der Waals surface area contributed by atoms with Gasteiger partial charge in [-0.05, 0) is 66.2 Å². The number of benzene rings is 7. The molecule has 0 aliphatic rings. The van der Waals surface area contributed by atoms with E-state index in [2.05, 4.69) is 160 Å². The van der Waals surface area contributed by atoms with E-state index in [1.165, 1.54) is 43.5 Å². The molecular weight excluding hydrogens is 599 g/mol. The number of fused-ring (bicyclic) bond motifs is 10. The zero-order valence-corrected chi connectivity index (χ0v) is 26.3. The maximum absolute atomic E-state index is 6.80. The SMILES string of the molecule is c1cc(-n2c3ccccc3c3cc(-c4c(-n5c6ccccc6c6ccccc65)ccc5c4oc4ccccc45)ccc32)c2ccncc2c1. The third-order valence-corrected chi connectivity index (χ3v) is 10.2. The minimum absolute atomic E-state index is 0.890. The van der Waals surface area contributed by atoms with Crippen LogP contribution in [0.2, 0.25) is 0 Å². The molecule has 0 saturated carbocycles. The van der Waals surface area contributed by atoms with Crippen molar-refractivity contribution in [1.29, 1.82) is 0 Å². The fourth-order valence-electron chi connectivity index (χ4n) is 8.11. The lowest BCUT2D eigenvalue weighted by Crippen LogP contribution is -1.98. The second-order valence-corrected chi connectivity index (χ2v) is 12.8. The second kappa shape index (κ2) is 9.93.